The molecule has 6 rings (SSSR count). The Morgan fingerprint density at radius 1 is 1.10 bits per heavy atom. The summed E-state index contributed by atoms with van der Waals surface area (Å²) < 4.78 is 15.2. The second kappa shape index (κ2) is 10.4. The highest BCUT2D eigenvalue weighted by molar-refractivity contribution is 5.94. The smallest absolute Gasteiger partial charge is 0.337 e. The van der Waals surface area contributed by atoms with E-state index in [4.69, 9.17) is 14.5 Å². The maximum atomic E-state index is 12.2. The maximum absolute atomic E-state index is 12.2. The molecular weight excluding hydrogens is 536 g/mol. The Hall–Kier alpha value is -5.03. The van der Waals surface area contributed by atoms with Crippen LogP contribution in [-0.4, -0.2) is 44.2 Å². The summed E-state index contributed by atoms with van der Waals surface area (Å²) in [4.78, 5) is 32.6. The molecule has 214 valence electrons. The molecular formula is C31H30N6O5. The molecule has 0 fully saturated rings. The number of rotatable bonds is 8. The predicted octanol–water partition coefficient (Wildman–Crippen LogP) is 5.90. The molecule has 11 heteroatoms. The van der Waals surface area contributed by atoms with Crippen molar-refractivity contribution >= 4 is 28.4 Å². The van der Waals surface area contributed by atoms with E-state index < -0.39 is 16.6 Å². The molecule has 1 N–H and O–H groups in total. The Morgan fingerprint density at radius 3 is 2.57 bits per heavy atom. The lowest BCUT2D eigenvalue weighted by Gasteiger charge is -2.38. The minimum Gasteiger partial charge on any atom is -0.465 e. The molecule has 1 unspecified atom stereocenters. The van der Waals surface area contributed by atoms with Gasteiger partial charge in [-0.2, -0.15) is 0 Å². The zero-order chi connectivity index (χ0) is 29.6. The Balaban J connectivity index is 1.49. The minimum absolute atomic E-state index is 0.0116. The van der Waals surface area contributed by atoms with Crippen molar-refractivity contribution in [1.29, 1.82) is 0 Å². The zero-order valence-corrected chi connectivity index (χ0v) is 23.7. The highest BCUT2D eigenvalue weighted by Crippen LogP contribution is 2.43. The van der Waals surface area contributed by atoms with Gasteiger partial charge in [-0.25, -0.2) is 14.8 Å². The summed E-state index contributed by atoms with van der Waals surface area (Å²) >= 11 is 0. The molecule has 2 aromatic heterocycles. The largest absolute Gasteiger partial charge is 0.465 e. The lowest BCUT2D eigenvalue weighted by molar-refractivity contribution is -0.384. The summed E-state index contributed by atoms with van der Waals surface area (Å²) in [5.74, 6) is 1.44. The molecule has 1 aliphatic heterocycles. The van der Waals surface area contributed by atoms with Gasteiger partial charge in [-0.3, -0.25) is 14.7 Å². The number of anilines is 1. The third-order valence-electron chi connectivity index (χ3n) is 7.67. The van der Waals surface area contributed by atoms with Crippen molar-refractivity contribution in [2.75, 3.05) is 19.5 Å². The van der Waals surface area contributed by atoms with Gasteiger partial charge in [-0.05, 0) is 60.9 Å². The number of carbonyl (C=O) groups is 1. The molecule has 3 aromatic carbocycles. The summed E-state index contributed by atoms with van der Waals surface area (Å²) in [5, 5.41) is 14.8. The lowest BCUT2D eigenvalue weighted by atomic mass is 9.97. The van der Waals surface area contributed by atoms with Crippen molar-refractivity contribution in [1.82, 2.24) is 19.1 Å². The van der Waals surface area contributed by atoms with Gasteiger partial charge < -0.3 is 19.4 Å². The third kappa shape index (κ3) is 4.38. The minimum atomic E-state index is -1.20. The van der Waals surface area contributed by atoms with E-state index in [1.54, 1.807) is 37.6 Å². The van der Waals surface area contributed by atoms with Crippen molar-refractivity contribution in [3.63, 3.8) is 0 Å². The Morgan fingerprint density at radius 2 is 1.88 bits per heavy atom. The molecule has 1 atom stereocenters. The summed E-state index contributed by atoms with van der Waals surface area (Å²) in [6.07, 6.45) is 4.51. The molecule has 5 aromatic rings. The predicted molar refractivity (Wildman–Crippen MR) is 158 cm³/mol. The summed E-state index contributed by atoms with van der Waals surface area (Å²) in [5.41, 5.74) is 4.05. The van der Waals surface area contributed by atoms with Gasteiger partial charge in [0.2, 0.25) is 5.72 Å². The van der Waals surface area contributed by atoms with Gasteiger partial charge in [0.05, 0.1) is 40.0 Å². The lowest BCUT2D eigenvalue weighted by Crippen LogP contribution is -2.44. The van der Waals surface area contributed by atoms with Crippen LogP contribution in [0.5, 0.6) is 0 Å². The van der Waals surface area contributed by atoms with Crippen LogP contribution >= 0.6 is 0 Å². The summed E-state index contributed by atoms with van der Waals surface area (Å²) in [6, 6.07) is 17.7. The first kappa shape index (κ1) is 27.2. The molecule has 42 heavy (non-hydrogen) atoms. The number of aromatic nitrogens is 4. The van der Waals surface area contributed by atoms with Crippen LogP contribution in [0.1, 0.15) is 42.0 Å². The van der Waals surface area contributed by atoms with Gasteiger partial charge in [-0.15, -0.1) is 0 Å². The first-order valence-corrected chi connectivity index (χ1v) is 13.6. The maximum Gasteiger partial charge on any atom is 0.337 e. The van der Waals surface area contributed by atoms with Gasteiger partial charge in [0.25, 0.3) is 5.69 Å². The van der Waals surface area contributed by atoms with Crippen LogP contribution in [0.25, 0.3) is 28.1 Å². The molecule has 0 saturated heterocycles. The highest BCUT2D eigenvalue weighted by Gasteiger charge is 2.43. The molecule has 0 saturated carbocycles. The average Bonchev–Trinajstić information content (AvgIpc) is 3.64. The van der Waals surface area contributed by atoms with Crippen molar-refractivity contribution in [3.8, 4) is 17.1 Å². The molecule has 0 amide bonds. The van der Waals surface area contributed by atoms with Gasteiger partial charge in [-0.1, -0.05) is 13.8 Å². The Labute approximate surface area is 241 Å². The van der Waals surface area contributed by atoms with Gasteiger partial charge in [0.1, 0.15) is 5.82 Å². The number of hydrogen-bond acceptors (Lipinski definition) is 8. The van der Waals surface area contributed by atoms with E-state index in [0.29, 0.717) is 28.4 Å². The number of nitrogens with one attached hydrogen (secondary N) is 1. The van der Waals surface area contributed by atoms with E-state index in [0.717, 1.165) is 41.2 Å². The highest BCUT2D eigenvalue weighted by atomic mass is 16.6. The SMILES string of the molecule is COC(=O)c1ccc2c(c1)nc(-c1ccc3c(c1)NC(OC)(c1ccc([N+](=O)[O-])cc1)c1nccn1-3)n2CCC(C)C. The number of nitrogens with zero attached hydrogens (tertiary/aromatic N) is 5. The zero-order valence-electron chi connectivity index (χ0n) is 23.7. The van der Waals surface area contributed by atoms with E-state index >= 15 is 0 Å². The van der Waals surface area contributed by atoms with Gasteiger partial charge >= 0.3 is 5.97 Å². The number of methoxy groups -OCH3 is 2. The van der Waals surface area contributed by atoms with Crippen LogP contribution in [0.4, 0.5) is 11.4 Å². The number of hydrogen-bond donors (Lipinski definition) is 1. The van der Waals surface area contributed by atoms with E-state index in [1.807, 2.05) is 35.0 Å². The van der Waals surface area contributed by atoms with Crippen LogP contribution in [-0.2, 0) is 21.7 Å². The summed E-state index contributed by atoms with van der Waals surface area (Å²) in [6.45, 7) is 5.12. The molecule has 11 nitrogen and oxygen atoms in total. The topological polar surface area (TPSA) is 126 Å². The fraction of sp³-hybridized carbons (Fsp3) is 0.258. The number of nitro benzene ring substituents is 1. The number of non-ortho nitro benzene ring substituents is 1. The third-order valence-corrected chi connectivity index (χ3v) is 7.67. The van der Waals surface area contributed by atoms with Crippen molar-refractivity contribution in [3.05, 3.63) is 100 Å². The Kier molecular flexibility index (Phi) is 6.74. The molecule has 3 heterocycles. The Bertz CT molecular complexity index is 1820. The number of imidazole rings is 2. The first-order valence-electron chi connectivity index (χ1n) is 13.6. The molecule has 0 radical (unpaired) electrons. The van der Waals surface area contributed by atoms with Crippen LogP contribution in [0.15, 0.2) is 73.1 Å². The van der Waals surface area contributed by atoms with E-state index in [1.165, 1.54) is 19.2 Å². The van der Waals surface area contributed by atoms with Gasteiger partial charge in [0, 0.05) is 49.3 Å². The number of ether oxygens (including phenoxy) is 2. The number of aryl methyl sites for hydroxylation is 1. The van der Waals surface area contributed by atoms with Gasteiger partial charge in [0.15, 0.2) is 5.82 Å². The fourth-order valence-electron chi connectivity index (χ4n) is 5.48. The van der Waals surface area contributed by atoms with Crippen LogP contribution in [0.3, 0.4) is 0 Å². The van der Waals surface area contributed by atoms with E-state index in [-0.39, 0.29) is 5.69 Å². The van der Waals surface area contributed by atoms with E-state index in [2.05, 4.69) is 28.7 Å². The monoisotopic (exact) mass is 566 g/mol. The second-order valence-corrected chi connectivity index (χ2v) is 10.6. The van der Waals surface area contributed by atoms with Crippen molar-refractivity contribution in [2.45, 2.75) is 32.5 Å². The molecule has 0 spiro atoms. The average molecular weight is 567 g/mol. The standard InChI is InChI=1S/C31H30N6O5/c1-19(2)13-15-35-26-12-6-21(29(38)41-3)18-24(26)33-28(35)20-5-11-27-25(17-20)34-31(42-4,30-32-14-16-36(27)30)22-7-9-23(10-8-22)37(39)40/h5-12,14,16-19,34H,13,15H2,1-4H3. The van der Waals surface area contributed by atoms with Crippen molar-refractivity contribution < 1.29 is 19.2 Å². The van der Waals surface area contributed by atoms with Crippen molar-refractivity contribution in [2.24, 2.45) is 5.92 Å². The first-order chi connectivity index (χ1) is 20.3. The molecule has 1 aliphatic rings. The number of fused-ring (bicyclic) bond motifs is 4. The van der Waals surface area contributed by atoms with E-state index in [9.17, 15) is 14.9 Å². The molecule has 0 aliphatic carbocycles. The van der Waals surface area contributed by atoms with Crippen LogP contribution < -0.4 is 5.32 Å². The number of benzene rings is 3. The number of carbonyl (C=O) groups excluding carboxylic acids is 1. The summed E-state index contributed by atoms with van der Waals surface area (Å²) in [7, 11) is 2.94. The quantitative estimate of drug-likeness (QED) is 0.140. The molecule has 0 bridgehead atoms. The van der Waals surface area contributed by atoms with Crippen LogP contribution in [0.2, 0.25) is 0 Å². The fourth-order valence-corrected chi connectivity index (χ4v) is 5.48. The second-order valence-electron chi connectivity index (χ2n) is 10.6. The van der Waals surface area contributed by atoms with Crippen LogP contribution in [0, 0.1) is 16.0 Å². The number of esters is 1. The normalized spacial score (nSPS) is 15.7. The number of nitro groups is 1.